The Hall–Kier alpha value is -0.760. The van der Waals surface area contributed by atoms with Gasteiger partial charge in [0.15, 0.2) is 0 Å². The largest absolute Gasteiger partial charge is 0.346 e. The van der Waals surface area contributed by atoms with E-state index in [0.717, 1.165) is 12.3 Å². The third kappa shape index (κ3) is 3.22. The van der Waals surface area contributed by atoms with E-state index in [4.69, 9.17) is 5.73 Å². The minimum absolute atomic E-state index is 0.270. The van der Waals surface area contributed by atoms with Crippen LogP contribution in [0.3, 0.4) is 0 Å². The average molecular weight is 262 g/mol. The van der Waals surface area contributed by atoms with Crippen molar-refractivity contribution in [2.24, 2.45) is 11.7 Å². The third-order valence-electron chi connectivity index (χ3n) is 4.54. The van der Waals surface area contributed by atoms with Crippen LogP contribution in [0.2, 0.25) is 0 Å². The summed E-state index contributed by atoms with van der Waals surface area (Å²) in [5.74, 6) is 0.820. The van der Waals surface area contributed by atoms with E-state index in [-0.39, 0.29) is 6.04 Å². The molecule has 108 valence electrons. The average Bonchev–Trinajstić information content (AvgIpc) is 2.66. The first-order chi connectivity index (χ1) is 9.00. The van der Waals surface area contributed by atoms with Crippen molar-refractivity contribution < 1.29 is 0 Å². The molecular weight excluding hydrogens is 232 g/mol. The van der Waals surface area contributed by atoms with E-state index in [1.807, 2.05) is 0 Å². The van der Waals surface area contributed by atoms with Gasteiger partial charge in [0.25, 0.3) is 0 Å². The zero-order valence-electron chi connectivity index (χ0n) is 13.1. The smallest absolute Gasteiger partial charge is 0.0313 e. The van der Waals surface area contributed by atoms with Crippen molar-refractivity contribution in [1.29, 1.82) is 0 Å². The number of aromatic nitrogens is 1. The van der Waals surface area contributed by atoms with Crippen molar-refractivity contribution in [3.8, 4) is 0 Å². The molecule has 1 aliphatic rings. The van der Waals surface area contributed by atoms with Gasteiger partial charge in [-0.25, -0.2) is 0 Å². The van der Waals surface area contributed by atoms with Crippen LogP contribution in [0.15, 0.2) is 6.07 Å². The van der Waals surface area contributed by atoms with Crippen molar-refractivity contribution in [3.63, 3.8) is 0 Å². The van der Waals surface area contributed by atoms with Gasteiger partial charge >= 0.3 is 0 Å². The molecule has 0 fully saturated rings. The molecule has 2 atom stereocenters. The Morgan fingerprint density at radius 1 is 1.32 bits per heavy atom. The first-order valence-electron chi connectivity index (χ1n) is 7.97. The highest BCUT2D eigenvalue weighted by Gasteiger charge is 2.23. The molecule has 0 radical (unpaired) electrons. The van der Waals surface area contributed by atoms with E-state index >= 15 is 0 Å². The summed E-state index contributed by atoms with van der Waals surface area (Å²) >= 11 is 0. The zero-order valence-corrected chi connectivity index (χ0v) is 13.1. The van der Waals surface area contributed by atoms with E-state index in [1.54, 1.807) is 0 Å². The summed E-state index contributed by atoms with van der Waals surface area (Å²) in [5.41, 5.74) is 10.6. The van der Waals surface area contributed by atoms with Crippen molar-refractivity contribution in [2.45, 2.75) is 78.3 Å². The monoisotopic (exact) mass is 262 g/mol. The number of nitrogens with zero attached hydrogens (tertiary/aromatic N) is 1. The van der Waals surface area contributed by atoms with Gasteiger partial charge in [0.2, 0.25) is 0 Å². The molecule has 0 bridgehead atoms. The molecule has 2 heteroatoms. The Kier molecular flexibility index (Phi) is 4.72. The lowest BCUT2D eigenvalue weighted by Gasteiger charge is -2.25. The van der Waals surface area contributed by atoms with E-state index < -0.39 is 0 Å². The molecule has 2 rings (SSSR count). The van der Waals surface area contributed by atoms with E-state index in [9.17, 15) is 0 Å². The van der Waals surface area contributed by atoms with Crippen molar-refractivity contribution in [3.05, 3.63) is 23.0 Å². The van der Waals surface area contributed by atoms with Gasteiger partial charge in [0.05, 0.1) is 0 Å². The Balaban J connectivity index is 2.11. The first kappa shape index (κ1) is 14.6. The second-order valence-corrected chi connectivity index (χ2v) is 6.73. The van der Waals surface area contributed by atoms with Crippen LogP contribution in [0.4, 0.5) is 0 Å². The molecule has 0 amide bonds. The lowest BCUT2D eigenvalue weighted by molar-refractivity contribution is 0.425. The summed E-state index contributed by atoms with van der Waals surface area (Å²) in [6.07, 6.45) is 7.57. The van der Waals surface area contributed by atoms with Gasteiger partial charge in [0.1, 0.15) is 0 Å². The lowest BCUT2D eigenvalue weighted by Crippen LogP contribution is -2.19. The lowest BCUT2D eigenvalue weighted by atomic mass is 9.93. The second kappa shape index (κ2) is 6.13. The summed E-state index contributed by atoms with van der Waals surface area (Å²) in [7, 11) is 0. The van der Waals surface area contributed by atoms with Crippen LogP contribution in [-0.4, -0.2) is 4.57 Å². The summed E-state index contributed by atoms with van der Waals surface area (Å²) < 4.78 is 2.56. The maximum Gasteiger partial charge on any atom is 0.0313 e. The van der Waals surface area contributed by atoms with Gasteiger partial charge in [0, 0.05) is 23.5 Å². The Labute approximate surface area is 118 Å². The Bertz CT molecular complexity index is 417. The maximum atomic E-state index is 6.26. The normalized spacial score (nSPS) is 20.6. The quantitative estimate of drug-likeness (QED) is 0.831. The van der Waals surface area contributed by atoms with Gasteiger partial charge in [-0.05, 0) is 57.1 Å². The Morgan fingerprint density at radius 2 is 2.05 bits per heavy atom. The van der Waals surface area contributed by atoms with Gasteiger partial charge in [-0.2, -0.15) is 0 Å². The van der Waals surface area contributed by atoms with Crippen LogP contribution in [0.5, 0.6) is 0 Å². The predicted octanol–water partition coefficient (Wildman–Crippen LogP) is 4.52. The van der Waals surface area contributed by atoms with Crippen LogP contribution in [0.1, 0.15) is 81.9 Å². The molecule has 0 spiro atoms. The van der Waals surface area contributed by atoms with E-state index in [2.05, 4.69) is 38.3 Å². The molecule has 2 nitrogen and oxygen atoms in total. The molecule has 0 aromatic carbocycles. The molecule has 1 aromatic rings. The molecule has 0 saturated carbocycles. The van der Waals surface area contributed by atoms with Crippen molar-refractivity contribution in [2.75, 3.05) is 0 Å². The van der Waals surface area contributed by atoms with Crippen LogP contribution < -0.4 is 5.73 Å². The topological polar surface area (TPSA) is 30.9 Å². The highest BCUT2D eigenvalue weighted by atomic mass is 15.0. The van der Waals surface area contributed by atoms with E-state index in [0.29, 0.717) is 6.04 Å². The van der Waals surface area contributed by atoms with Crippen molar-refractivity contribution in [1.82, 2.24) is 4.57 Å². The van der Waals surface area contributed by atoms with Crippen LogP contribution in [0.25, 0.3) is 0 Å². The Morgan fingerprint density at radius 3 is 2.74 bits per heavy atom. The number of fused-ring (bicyclic) bond motifs is 1. The number of hydrogen-bond donors (Lipinski definition) is 1. The predicted molar refractivity (Wildman–Crippen MR) is 82.4 cm³/mol. The maximum absolute atomic E-state index is 6.26. The molecule has 1 aliphatic carbocycles. The van der Waals surface area contributed by atoms with Gasteiger partial charge in [-0.3, -0.25) is 0 Å². The number of hydrogen-bond acceptors (Lipinski definition) is 1. The summed E-state index contributed by atoms with van der Waals surface area (Å²) in [6, 6.07) is 3.22. The highest BCUT2D eigenvalue weighted by Crippen LogP contribution is 2.33. The second-order valence-electron chi connectivity index (χ2n) is 6.73. The molecule has 2 unspecified atom stereocenters. The molecule has 19 heavy (non-hydrogen) atoms. The third-order valence-corrected chi connectivity index (χ3v) is 4.54. The van der Waals surface area contributed by atoms with Crippen LogP contribution >= 0.6 is 0 Å². The van der Waals surface area contributed by atoms with Crippen LogP contribution in [-0.2, 0) is 6.42 Å². The SMILES string of the molecule is Cc1cc2c(n1C(C)CCCC(C)C)CCCC2N. The van der Waals surface area contributed by atoms with Crippen molar-refractivity contribution >= 4 is 0 Å². The minimum Gasteiger partial charge on any atom is -0.346 e. The standard InChI is InChI=1S/C17H30N2/c1-12(2)7-5-8-13(3)19-14(4)11-15-16(18)9-6-10-17(15)19/h11-13,16H,5-10,18H2,1-4H3. The fourth-order valence-corrected chi connectivity index (χ4v) is 3.52. The molecular formula is C17H30N2. The number of rotatable bonds is 5. The molecule has 2 N–H and O–H groups in total. The summed E-state index contributed by atoms with van der Waals surface area (Å²) in [5, 5.41) is 0. The number of nitrogens with two attached hydrogens (primary N) is 1. The van der Waals surface area contributed by atoms with E-state index in [1.165, 1.54) is 49.1 Å². The summed E-state index contributed by atoms with van der Waals surface area (Å²) in [6.45, 7) is 9.23. The molecule has 0 aliphatic heterocycles. The number of aryl methyl sites for hydroxylation is 1. The molecule has 0 saturated heterocycles. The molecule has 1 aromatic heterocycles. The molecule has 1 heterocycles. The van der Waals surface area contributed by atoms with Gasteiger partial charge in [-0.1, -0.05) is 26.7 Å². The van der Waals surface area contributed by atoms with Gasteiger partial charge in [-0.15, -0.1) is 0 Å². The summed E-state index contributed by atoms with van der Waals surface area (Å²) in [4.78, 5) is 0. The van der Waals surface area contributed by atoms with Gasteiger partial charge < -0.3 is 10.3 Å². The fourth-order valence-electron chi connectivity index (χ4n) is 3.52. The fraction of sp³-hybridized carbons (Fsp3) is 0.765. The zero-order chi connectivity index (χ0) is 14.0. The highest BCUT2D eigenvalue weighted by molar-refractivity contribution is 5.33. The minimum atomic E-state index is 0.270. The van der Waals surface area contributed by atoms with Crippen LogP contribution in [0, 0.1) is 12.8 Å². The first-order valence-corrected chi connectivity index (χ1v) is 7.97.